The molecule has 2 heterocycles. The lowest BCUT2D eigenvalue weighted by atomic mass is 9.95. The first-order chi connectivity index (χ1) is 15.2. The van der Waals surface area contributed by atoms with Gasteiger partial charge in [0, 0.05) is 24.7 Å². The zero-order valence-electron chi connectivity index (χ0n) is 18.1. The molecular weight excluding hydrogens is 423 g/mol. The molecule has 1 aliphatic heterocycles. The number of carbonyl (C=O) groups is 1. The standard InChI is InChI=1S/C22H28F3N5O2/c1-28-21(32)30(18-7-2-3-8-18)20(27-28)15-9-11-29(12-10-15)14-19(31)26-17-6-4-5-16(13-17)22(23,24)25/h4-6,13,15,18H,2-3,7-12,14H2,1H3,(H,26,31). The first-order valence-electron chi connectivity index (χ1n) is 11.1. The van der Waals surface area contributed by atoms with E-state index in [1.54, 1.807) is 7.05 Å². The minimum absolute atomic E-state index is 0.0604. The summed E-state index contributed by atoms with van der Waals surface area (Å²) in [6.07, 6.45) is 1.38. The monoisotopic (exact) mass is 451 g/mol. The van der Waals surface area contributed by atoms with Crippen molar-refractivity contribution in [2.24, 2.45) is 7.05 Å². The maximum Gasteiger partial charge on any atom is 0.416 e. The molecule has 32 heavy (non-hydrogen) atoms. The molecule has 1 saturated carbocycles. The van der Waals surface area contributed by atoms with E-state index in [-0.39, 0.29) is 35.8 Å². The van der Waals surface area contributed by atoms with E-state index in [9.17, 15) is 22.8 Å². The van der Waals surface area contributed by atoms with Crippen molar-refractivity contribution in [2.45, 2.75) is 56.7 Å². The number of aromatic nitrogens is 3. The highest BCUT2D eigenvalue weighted by molar-refractivity contribution is 5.92. The number of amides is 1. The number of hydrogen-bond donors (Lipinski definition) is 1. The van der Waals surface area contributed by atoms with E-state index >= 15 is 0 Å². The Bertz CT molecular complexity index is 1020. The summed E-state index contributed by atoms with van der Waals surface area (Å²) in [6.45, 7) is 1.44. The van der Waals surface area contributed by atoms with Gasteiger partial charge < -0.3 is 5.32 Å². The van der Waals surface area contributed by atoms with Crippen molar-refractivity contribution in [1.29, 1.82) is 0 Å². The molecule has 0 bridgehead atoms. The zero-order valence-corrected chi connectivity index (χ0v) is 18.1. The van der Waals surface area contributed by atoms with Crippen LogP contribution in [-0.4, -0.2) is 44.8 Å². The predicted octanol–water partition coefficient (Wildman–Crippen LogP) is 3.53. The van der Waals surface area contributed by atoms with Crippen molar-refractivity contribution < 1.29 is 18.0 Å². The Morgan fingerprint density at radius 3 is 2.50 bits per heavy atom. The predicted molar refractivity (Wildman–Crippen MR) is 113 cm³/mol. The second kappa shape index (κ2) is 9.09. The van der Waals surface area contributed by atoms with Crippen LogP contribution in [0.2, 0.25) is 0 Å². The maximum absolute atomic E-state index is 12.9. The number of alkyl halides is 3. The average molecular weight is 451 g/mol. The smallest absolute Gasteiger partial charge is 0.325 e. The summed E-state index contributed by atoms with van der Waals surface area (Å²) in [5, 5.41) is 7.09. The number of benzene rings is 1. The molecule has 0 radical (unpaired) electrons. The quantitative estimate of drug-likeness (QED) is 0.755. The topological polar surface area (TPSA) is 72.2 Å². The van der Waals surface area contributed by atoms with E-state index in [0.29, 0.717) is 13.1 Å². The van der Waals surface area contributed by atoms with Gasteiger partial charge in [-0.25, -0.2) is 9.48 Å². The molecule has 7 nitrogen and oxygen atoms in total. The van der Waals surface area contributed by atoms with Gasteiger partial charge in [-0.3, -0.25) is 14.3 Å². The van der Waals surface area contributed by atoms with Crippen molar-refractivity contribution in [1.82, 2.24) is 19.2 Å². The Morgan fingerprint density at radius 1 is 1.16 bits per heavy atom. The molecule has 0 atom stereocenters. The molecule has 0 unspecified atom stereocenters. The second-order valence-corrected chi connectivity index (χ2v) is 8.75. The third-order valence-electron chi connectivity index (χ3n) is 6.47. The minimum Gasteiger partial charge on any atom is -0.325 e. The van der Waals surface area contributed by atoms with Crippen molar-refractivity contribution in [3.63, 3.8) is 0 Å². The van der Waals surface area contributed by atoms with E-state index in [2.05, 4.69) is 10.4 Å². The van der Waals surface area contributed by atoms with Gasteiger partial charge in [0.2, 0.25) is 5.91 Å². The molecule has 1 N–H and O–H groups in total. The lowest BCUT2D eigenvalue weighted by molar-refractivity contribution is -0.137. The highest BCUT2D eigenvalue weighted by Gasteiger charge is 2.32. The molecule has 1 saturated heterocycles. The van der Waals surface area contributed by atoms with Gasteiger partial charge in [-0.05, 0) is 57.0 Å². The number of aryl methyl sites for hydroxylation is 1. The number of piperidine rings is 1. The van der Waals surface area contributed by atoms with Gasteiger partial charge in [-0.2, -0.15) is 18.3 Å². The van der Waals surface area contributed by atoms with E-state index in [1.807, 2.05) is 9.47 Å². The summed E-state index contributed by atoms with van der Waals surface area (Å²) in [4.78, 5) is 27.0. The van der Waals surface area contributed by atoms with Crippen LogP contribution in [0.3, 0.4) is 0 Å². The lowest BCUT2D eigenvalue weighted by Crippen LogP contribution is -2.39. The summed E-state index contributed by atoms with van der Waals surface area (Å²) in [7, 11) is 1.69. The highest BCUT2D eigenvalue weighted by atomic mass is 19.4. The van der Waals surface area contributed by atoms with Crippen molar-refractivity contribution in [2.75, 3.05) is 25.0 Å². The molecule has 2 fully saturated rings. The van der Waals surface area contributed by atoms with Crippen LogP contribution >= 0.6 is 0 Å². The largest absolute Gasteiger partial charge is 0.416 e. The SMILES string of the molecule is Cn1nc(C2CCN(CC(=O)Nc3cccc(C(F)(F)F)c3)CC2)n(C2CCCC2)c1=O. The highest BCUT2D eigenvalue weighted by Crippen LogP contribution is 2.34. The van der Waals surface area contributed by atoms with Gasteiger partial charge in [0.15, 0.2) is 0 Å². The first-order valence-corrected chi connectivity index (χ1v) is 11.1. The van der Waals surface area contributed by atoms with Gasteiger partial charge >= 0.3 is 11.9 Å². The van der Waals surface area contributed by atoms with Crippen LogP contribution in [-0.2, 0) is 18.0 Å². The van der Waals surface area contributed by atoms with Gasteiger partial charge in [-0.1, -0.05) is 18.9 Å². The van der Waals surface area contributed by atoms with Crippen molar-refractivity contribution in [3.8, 4) is 0 Å². The molecule has 1 aromatic heterocycles. The summed E-state index contributed by atoms with van der Waals surface area (Å²) in [5.41, 5.74) is -0.719. The van der Waals surface area contributed by atoms with E-state index in [1.165, 1.54) is 16.8 Å². The number of halogens is 3. The Balaban J connectivity index is 1.34. The molecule has 1 aromatic carbocycles. The maximum atomic E-state index is 12.9. The lowest BCUT2D eigenvalue weighted by Gasteiger charge is -2.31. The molecule has 2 aliphatic rings. The Kier molecular flexibility index (Phi) is 6.41. The molecule has 174 valence electrons. The number of nitrogens with zero attached hydrogens (tertiary/aromatic N) is 4. The number of nitrogens with one attached hydrogen (secondary N) is 1. The molecule has 10 heteroatoms. The summed E-state index contributed by atoms with van der Waals surface area (Å²) >= 11 is 0. The van der Waals surface area contributed by atoms with Crippen LogP contribution in [0.25, 0.3) is 0 Å². The zero-order chi connectivity index (χ0) is 22.9. The fourth-order valence-electron chi connectivity index (χ4n) is 4.81. The Hall–Kier alpha value is -2.62. The second-order valence-electron chi connectivity index (χ2n) is 8.75. The third kappa shape index (κ3) is 4.90. The molecule has 1 amide bonds. The van der Waals surface area contributed by atoms with Gasteiger partial charge in [0.05, 0.1) is 12.1 Å². The minimum atomic E-state index is -4.45. The summed E-state index contributed by atoms with van der Waals surface area (Å²) in [5.74, 6) is 0.660. The number of carbonyl (C=O) groups excluding carboxylic acids is 1. The fraction of sp³-hybridized carbons (Fsp3) is 0.591. The normalized spacial score (nSPS) is 18.9. The van der Waals surface area contributed by atoms with E-state index < -0.39 is 11.7 Å². The third-order valence-corrected chi connectivity index (χ3v) is 6.47. The number of anilines is 1. The molecular formula is C22H28F3N5O2. The van der Waals surface area contributed by atoms with Crippen LogP contribution in [0.4, 0.5) is 18.9 Å². The molecule has 4 rings (SSSR count). The van der Waals surface area contributed by atoms with Crippen LogP contribution in [0.1, 0.15) is 61.9 Å². The van der Waals surface area contributed by atoms with Crippen molar-refractivity contribution in [3.05, 3.63) is 46.1 Å². The number of likely N-dealkylation sites (tertiary alicyclic amines) is 1. The fourth-order valence-corrected chi connectivity index (χ4v) is 4.81. The van der Waals surface area contributed by atoms with E-state index in [4.69, 9.17) is 0 Å². The first kappa shape index (κ1) is 22.6. The molecule has 0 spiro atoms. The number of rotatable bonds is 5. The van der Waals surface area contributed by atoms with Gasteiger partial charge in [0.1, 0.15) is 5.82 Å². The Labute approximate surface area is 184 Å². The Morgan fingerprint density at radius 2 is 1.84 bits per heavy atom. The number of hydrogen-bond acceptors (Lipinski definition) is 4. The van der Waals surface area contributed by atoms with Crippen LogP contribution in [0.15, 0.2) is 29.1 Å². The summed E-state index contributed by atoms with van der Waals surface area (Å²) < 4.78 is 41.9. The van der Waals surface area contributed by atoms with Crippen LogP contribution in [0, 0.1) is 0 Å². The van der Waals surface area contributed by atoms with E-state index in [0.717, 1.165) is 56.5 Å². The van der Waals surface area contributed by atoms with Crippen LogP contribution < -0.4 is 11.0 Å². The average Bonchev–Trinajstić information content (AvgIpc) is 3.36. The van der Waals surface area contributed by atoms with Crippen molar-refractivity contribution >= 4 is 11.6 Å². The van der Waals surface area contributed by atoms with Crippen LogP contribution in [0.5, 0.6) is 0 Å². The van der Waals surface area contributed by atoms with Gasteiger partial charge in [0.25, 0.3) is 0 Å². The summed E-state index contributed by atoms with van der Waals surface area (Å²) in [6, 6.07) is 4.86. The molecule has 2 aromatic rings. The molecule has 1 aliphatic carbocycles. The van der Waals surface area contributed by atoms with Gasteiger partial charge in [-0.15, -0.1) is 0 Å².